The van der Waals surface area contributed by atoms with Gasteiger partial charge in [-0.05, 0) is 19.1 Å². The highest BCUT2D eigenvalue weighted by Crippen LogP contribution is 2.30. The third-order valence-corrected chi connectivity index (χ3v) is 4.53. The Kier molecular flexibility index (Phi) is 5.00. The minimum Gasteiger partial charge on any atom is -0.338 e. The van der Waals surface area contributed by atoms with E-state index in [0.717, 1.165) is 12.1 Å². The first-order chi connectivity index (χ1) is 11.8. The molecule has 1 aliphatic rings. The molecule has 1 amide bonds. The van der Waals surface area contributed by atoms with E-state index in [4.69, 9.17) is 4.52 Å². The van der Waals surface area contributed by atoms with E-state index in [-0.39, 0.29) is 23.3 Å². The van der Waals surface area contributed by atoms with Gasteiger partial charge in [-0.15, -0.1) is 11.8 Å². The van der Waals surface area contributed by atoms with Gasteiger partial charge in [0.05, 0.1) is 11.3 Å². The minimum absolute atomic E-state index is 0.0280. The van der Waals surface area contributed by atoms with E-state index in [1.54, 1.807) is 0 Å². The molecule has 2 heterocycles. The molecule has 1 aromatic heterocycles. The quantitative estimate of drug-likeness (QED) is 0.859. The Morgan fingerprint density at radius 3 is 2.68 bits per heavy atom. The summed E-state index contributed by atoms with van der Waals surface area (Å²) in [6.07, 6.45) is -3.96. The van der Waals surface area contributed by atoms with Crippen molar-refractivity contribution < 1.29 is 22.5 Å². The van der Waals surface area contributed by atoms with Gasteiger partial charge in [0.1, 0.15) is 5.50 Å². The summed E-state index contributed by atoms with van der Waals surface area (Å²) in [5.74, 6) is 0.880. The fourth-order valence-electron chi connectivity index (χ4n) is 2.33. The van der Waals surface area contributed by atoms with Crippen molar-refractivity contribution in [2.24, 2.45) is 0 Å². The van der Waals surface area contributed by atoms with Crippen molar-refractivity contribution in [3.63, 3.8) is 0 Å². The molecule has 1 saturated heterocycles. The van der Waals surface area contributed by atoms with Crippen LogP contribution in [0, 0.1) is 0 Å². The molecule has 6 nitrogen and oxygen atoms in total. The van der Waals surface area contributed by atoms with Crippen LogP contribution in [0.25, 0.3) is 11.4 Å². The van der Waals surface area contributed by atoms with Gasteiger partial charge in [0, 0.05) is 18.0 Å². The maximum absolute atomic E-state index is 12.6. The van der Waals surface area contributed by atoms with E-state index in [9.17, 15) is 18.0 Å². The van der Waals surface area contributed by atoms with E-state index in [1.807, 2.05) is 6.92 Å². The molecule has 2 atom stereocenters. The Labute approximate surface area is 145 Å². The number of carbonyl (C=O) groups is 1. The SMILES string of the molecule is CC1CC(=O)NC(SCc2nc(-c3ccc(C(F)(F)F)cc3)no2)N1. The summed E-state index contributed by atoms with van der Waals surface area (Å²) < 4.78 is 42.8. The second kappa shape index (κ2) is 7.04. The van der Waals surface area contributed by atoms with Crippen molar-refractivity contribution in [1.29, 1.82) is 0 Å². The van der Waals surface area contributed by atoms with Crippen molar-refractivity contribution in [1.82, 2.24) is 20.8 Å². The summed E-state index contributed by atoms with van der Waals surface area (Å²) >= 11 is 1.38. The van der Waals surface area contributed by atoms with Crippen LogP contribution in [0.1, 0.15) is 24.8 Å². The number of rotatable bonds is 4. The lowest BCUT2D eigenvalue weighted by atomic mass is 10.1. The van der Waals surface area contributed by atoms with E-state index >= 15 is 0 Å². The Hall–Kier alpha value is -2.07. The molecule has 3 rings (SSSR count). The topological polar surface area (TPSA) is 80.1 Å². The zero-order valence-corrected chi connectivity index (χ0v) is 13.9. The standard InChI is InChI=1S/C15H15F3N4O2S/c1-8-6-11(23)20-14(19-8)25-7-12-21-13(22-24-12)9-2-4-10(5-3-9)15(16,17)18/h2-5,8,14,19H,6-7H2,1H3,(H,20,23). The number of benzene rings is 1. The van der Waals surface area contributed by atoms with Crippen LogP contribution in [0.5, 0.6) is 0 Å². The average Bonchev–Trinajstić information content (AvgIpc) is 3.00. The lowest BCUT2D eigenvalue weighted by Gasteiger charge is -2.28. The number of thioether (sulfide) groups is 1. The first-order valence-corrected chi connectivity index (χ1v) is 8.53. The molecule has 0 bridgehead atoms. The second-order valence-corrected chi connectivity index (χ2v) is 6.71. The smallest absolute Gasteiger partial charge is 0.338 e. The average molecular weight is 372 g/mol. The van der Waals surface area contributed by atoms with Crippen LogP contribution < -0.4 is 10.6 Å². The third-order valence-electron chi connectivity index (χ3n) is 3.53. The van der Waals surface area contributed by atoms with Crippen molar-refractivity contribution in [2.45, 2.75) is 36.8 Å². The molecule has 10 heteroatoms. The van der Waals surface area contributed by atoms with E-state index in [0.29, 0.717) is 23.6 Å². The number of alkyl halides is 3. The summed E-state index contributed by atoms with van der Waals surface area (Å²) in [5.41, 5.74) is -0.549. The molecule has 0 aliphatic carbocycles. The monoisotopic (exact) mass is 372 g/mol. The number of hydrogen-bond donors (Lipinski definition) is 2. The predicted octanol–water partition coefficient (Wildman–Crippen LogP) is 2.77. The number of amides is 1. The second-order valence-electron chi connectivity index (χ2n) is 5.62. The fraction of sp³-hybridized carbons (Fsp3) is 0.400. The van der Waals surface area contributed by atoms with Gasteiger partial charge in [-0.25, -0.2) is 0 Å². The number of nitrogens with one attached hydrogen (secondary N) is 2. The highest BCUT2D eigenvalue weighted by molar-refractivity contribution is 7.99. The Bertz CT molecular complexity index is 748. The fourth-order valence-corrected chi connectivity index (χ4v) is 3.30. The molecule has 0 radical (unpaired) electrons. The normalized spacial score (nSPS) is 21.2. The van der Waals surface area contributed by atoms with Gasteiger partial charge in [-0.2, -0.15) is 18.2 Å². The van der Waals surface area contributed by atoms with Gasteiger partial charge < -0.3 is 9.84 Å². The number of carbonyl (C=O) groups excluding carboxylic acids is 1. The number of halogens is 3. The van der Waals surface area contributed by atoms with Crippen LogP contribution >= 0.6 is 11.8 Å². The van der Waals surface area contributed by atoms with E-state index in [2.05, 4.69) is 20.8 Å². The first kappa shape index (κ1) is 17.7. The van der Waals surface area contributed by atoms with Crippen molar-refractivity contribution in [3.05, 3.63) is 35.7 Å². The Morgan fingerprint density at radius 2 is 2.04 bits per heavy atom. The number of nitrogens with zero attached hydrogens (tertiary/aromatic N) is 2. The van der Waals surface area contributed by atoms with Crippen LogP contribution in [0.3, 0.4) is 0 Å². The maximum atomic E-state index is 12.6. The van der Waals surface area contributed by atoms with Gasteiger partial charge in [0.25, 0.3) is 0 Å². The molecule has 0 spiro atoms. The number of hydrogen-bond acceptors (Lipinski definition) is 6. The van der Waals surface area contributed by atoms with Crippen LogP contribution in [0.2, 0.25) is 0 Å². The summed E-state index contributed by atoms with van der Waals surface area (Å²) in [5, 5.41) is 9.79. The zero-order chi connectivity index (χ0) is 18.0. The largest absolute Gasteiger partial charge is 0.416 e. The number of aromatic nitrogens is 2. The van der Waals surface area contributed by atoms with Gasteiger partial charge in [-0.3, -0.25) is 10.1 Å². The summed E-state index contributed by atoms with van der Waals surface area (Å²) in [6.45, 7) is 1.92. The molecular weight excluding hydrogens is 357 g/mol. The summed E-state index contributed by atoms with van der Waals surface area (Å²) in [6, 6.07) is 4.63. The molecule has 25 heavy (non-hydrogen) atoms. The molecule has 134 valence electrons. The maximum Gasteiger partial charge on any atom is 0.416 e. The summed E-state index contributed by atoms with van der Waals surface area (Å²) in [7, 11) is 0. The molecule has 2 unspecified atom stereocenters. The molecule has 1 aliphatic heterocycles. The van der Waals surface area contributed by atoms with Crippen LogP contribution in [-0.4, -0.2) is 27.6 Å². The molecule has 1 aromatic carbocycles. The Balaban J connectivity index is 1.61. The lowest BCUT2D eigenvalue weighted by Crippen LogP contribution is -2.53. The van der Waals surface area contributed by atoms with E-state index < -0.39 is 11.7 Å². The first-order valence-electron chi connectivity index (χ1n) is 7.48. The Morgan fingerprint density at radius 1 is 1.32 bits per heavy atom. The third kappa shape index (κ3) is 4.51. The predicted molar refractivity (Wildman–Crippen MR) is 85.2 cm³/mol. The van der Waals surface area contributed by atoms with Crippen LogP contribution in [-0.2, 0) is 16.7 Å². The van der Waals surface area contributed by atoms with Gasteiger partial charge >= 0.3 is 6.18 Å². The minimum atomic E-state index is -4.38. The summed E-state index contributed by atoms with van der Waals surface area (Å²) in [4.78, 5) is 15.7. The molecule has 2 aromatic rings. The van der Waals surface area contributed by atoms with Crippen molar-refractivity contribution in [3.8, 4) is 11.4 Å². The molecule has 0 saturated carbocycles. The van der Waals surface area contributed by atoms with Gasteiger partial charge in [0.2, 0.25) is 17.6 Å². The van der Waals surface area contributed by atoms with Crippen LogP contribution in [0.4, 0.5) is 13.2 Å². The van der Waals surface area contributed by atoms with Crippen LogP contribution in [0.15, 0.2) is 28.8 Å². The molecule has 1 fully saturated rings. The van der Waals surface area contributed by atoms with Gasteiger partial charge in [-0.1, -0.05) is 17.3 Å². The van der Waals surface area contributed by atoms with E-state index in [1.165, 1.54) is 23.9 Å². The highest BCUT2D eigenvalue weighted by atomic mass is 32.2. The molecule has 2 N–H and O–H groups in total. The molecular formula is C15H15F3N4O2S. The van der Waals surface area contributed by atoms with Crippen molar-refractivity contribution in [2.75, 3.05) is 0 Å². The lowest BCUT2D eigenvalue weighted by molar-refractivity contribution is -0.137. The van der Waals surface area contributed by atoms with Crippen molar-refractivity contribution >= 4 is 17.7 Å². The van der Waals surface area contributed by atoms with Gasteiger partial charge in [0.15, 0.2) is 0 Å². The highest BCUT2D eigenvalue weighted by Gasteiger charge is 2.30. The zero-order valence-electron chi connectivity index (χ0n) is 13.1.